The van der Waals surface area contributed by atoms with Gasteiger partial charge >= 0.3 is 5.97 Å². The monoisotopic (exact) mass is 283 g/mol. The first kappa shape index (κ1) is 15.3. The molecule has 3 nitrogen and oxygen atoms in total. The van der Waals surface area contributed by atoms with Crippen molar-refractivity contribution in [3.05, 3.63) is 70.8 Å². The summed E-state index contributed by atoms with van der Waals surface area (Å²) in [7, 11) is 0. The first-order valence-corrected chi connectivity index (χ1v) is 7.26. The van der Waals surface area contributed by atoms with E-state index in [1.165, 1.54) is 11.1 Å². The maximum atomic E-state index is 10.9. The average Bonchev–Trinajstić information content (AvgIpc) is 2.49. The van der Waals surface area contributed by atoms with Crippen molar-refractivity contribution in [1.82, 2.24) is 5.32 Å². The Morgan fingerprint density at radius 2 is 1.57 bits per heavy atom. The predicted octanol–water partition coefficient (Wildman–Crippen LogP) is 3.17. The van der Waals surface area contributed by atoms with Crippen LogP contribution in [0, 0.1) is 0 Å². The van der Waals surface area contributed by atoms with Gasteiger partial charge in [-0.1, -0.05) is 55.5 Å². The summed E-state index contributed by atoms with van der Waals surface area (Å²) in [5.41, 5.74) is 4.50. The van der Waals surface area contributed by atoms with E-state index in [0.717, 1.165) is 24.1 Å². The Morgan fingerprint density at radius 3 is 2.19 bits per heavy atom. The summed E-state index contributed by atoms with van der Waals surface area (Å²) in [5, 5.41) is 12.3. The molecule has 0 unspecified atom stereocenters. The van der Waals surface area contributed by atoms with Crippen LogP contribution in [0.1, 0.15) is 29.2 Å². The highest BCUT2D eigenvalue weighted by molar-refractivity contribution is 5.70. The number of carboxylic acid groups (broad SMARTS) is 1. The Labute approximate surface area is 125 Å². The van der Waals surface area contributed by atoms with E-state index in [1.54, 1.807) is 0 Å². The van der Waals surface area contributed by atoms with Crippen molar-refractivity contribution < 1.29 is 9.90 Å². The normalized spacial score (nSPS) is 10.5. The quantitative estimate of drug-likeness (QED) is 0.820. The molecule has 0 fully saturated rings. The molecule has 3 heteroatoms. The number of carboxylic acids is 1. The fourth-order valence-corrected chi connectivity index (χ4v) is 2.30. The molecule has 110 valence electrons. The van der Waals surface area contributed by atoms with E-state index in [4.69, 9.17) is 5.11 Å². The molecule has 0 spiro atoms. The maximum absolute atomic E-state index is 10.9. The standard InChI is InChI=1S/C18H21NO2/c1-2-14-7-9-15(10-8-14)12-19-13-17-6-4-3-5-16(17)11-18(20)21/h3-10,19H,2,11-13H2,1H3,(H,20,21). The molecule has 2 N–H and O–H groups in total. The van der Waals surface area contributed by atoms with E-state index in [0.29, 0.717) is 6.54 Å². The van der Waals surface area contributed by atoms with E-state index < -0.39 is 5.97 Å². The molecule has 2 aromatic rings. The largest absolute Gasteiger partial charge is 0.481 e. The molecule has 0 aliphatic carbocycles. The zero-order chi connectivity index (χ0) is 15.1. The van der Waals surface area contributed by atoms with E-state index in [-0.39, 0.29) is 6.42 Å². The highest BCUT2D eigenvalue weighted by Crippen LogP contribution is 2.10. The summed E-state index contributed by atoms with van der Waals surface area (Å²) >= 11 is 0. The van der Waals surface area contributed by atoms with Crippen LogP contribution in [0.25, 0.3) is 0 Å². The van der Waals surface area contributed by atoms with Crippen LogP contribution < -0.4 is 5.32 Å². The minimum absolute atomic E-state index is 0.0725. The molecule has 0 aliphatic rings. The first-order chi connectivity index (χ1) is 10.2. The Morgan fingerprint density at radius 1 is 0.952 bits per heavy atom. The molecule has 0 amide bonds. The lowest BCUT2D eigenvalue weighted by molar-refractivity contribution is -0.136. The second-order valence-corrected chi connectivity index (χ2v) is 5.11. The molecule has 0 bridgehead atoms. The molecule has 0 heterocycles. The van der Waals surface area contributed by atoms with Crippen molar-refractivity contribution >= 4 is 5.97 Å². The molecule has 0 aliphatic heterocycles. The molecular weight excluding hydrogens is 262 g/mol. The second kappa shape index (κ2) is 7.60. The summed E-state index contributed by atoms with van der Waals surface area (Å²) < 4.78 is 0. The molecule has 21 heavy (non-hydrogen) atoms. The third-order valence-corrected chi connectivity index (χ3v) is 3.54. The number of benzene rings is 2. The number of nitrogens with one attached hydrogen (secondary N) is 1. The van der Waals surface area contributed by atoms with E-state index in [9.17, 15) is 4.79 Å². The lowest BCUT2D eigenvalue weighted by atomic mass is 10.0. The third-order valence-electron chi connectivity index (χ3n) is 3.54. The lowest BCUT2D eigenvalue weighted by Gasteiger charge is -2.09. The van der Waals surface area contributed by atoms with E-state index >= 15 is 0 Å². The number of hydrogen-bond acceptors (Lipinski definition) is 2. The van der Waals surface area contributed by atoms with E-state index in [2.05, 4.69) is 36.5 Å². The topological polar surface area (TPSA) is 49.3 Å². The fourth-order valence-electron chi connectivity index (χ4n) is 2.30. The Balaban J connectivity index is 1.92. The number of aryl methyl sites for hydroxylation is 1. The van der Waals surface area contributed by atoms with Gasteiger partial charge in [0.25, 0.3) is 0 Å². The van der Waals surface area contributed by atoms with Crippen molar-refractivity contribution in [3.8, 4) is 0 Å². The Kier molecular flexibility index (Phi) is 5.52. The summed E-state index contributed by atoms with van der Waals surface area (Å²) in [6.07, 6.45) is 1.12. The minimum atomic E-state index is -0.794. The van der Waals surface area contributed by atoms with Crippen molar-refractivity contribution in [2.75, 3.05) is 0 Å². The van der Waals surface area contributed by atoms with Gasteiger partial charge in [0.1, 0.15) is 0 Å². The van der Waals surface area contributed by atoms with Gasteiger partial charge in [0.2, 0.25) is 0 Å². The second-order valence-electron chi connectivity index (χ2n) is 5.11. The van der Waals surface area contributed by atoms with Gasteiger partial charge in [0, 0.05) is 13.1 Å². The summed E-state index contributed by atoms with van der Waals surface area (Å²) in [5.74, 6) is -0.794. The van der Waals surface area contributed by atoms with Gasteiger partial charge in [0.15, 0.2) is 0 Å². The third kappa shape index (κ3) is 4.72. The highest BCUT2D eigenvalue weighted by Gasteiger charge is 2.05. The number of carbonyl (C=O) groups is 1. The number of hydrogen-bond donors (Lipinski definition) is 2. The van der Waals surface area contributed by atoms with Crippen LogP contribution >= 0.6 is 0 Å². The van der Waals surface area contributed by atoms with Gasteiger partial charge in [-0.2, -0.15) is 0 Å². The van der Waals surface area contributed by atoms with Crippen LogP contribution in [0.4, 0.5) is 0 Å². The van der Waals surface area contributed by atoms with Gasteiger partial charge in [-0.25, -0.2) is 0 Å². The molecular formula is C18H21NO2. The summed E-state index contributed by atoms with van der Waals surface area (Å²) in [6.45, 7) is 3.61. The zero-order valence-corrected chi connectivity index (χ0v) is 12.3. The molecule has 0 aromatic heterocycles. The Bertz CT molecular complexity index is 590. The van der Waals surface area contributed by atoms with Gasteiger partial charge < -0.3 is 10.4 Å². The first-order valence-electron chi connectivity index (χ1n) is 7.26. The average molecular weight is 283 g/mol. The summed E-state index contributed by atoms with van der Waals surface area (Å²) in [4.78, 5) is 10.9. The van der Waals surface area contributed by atoms with Crippen molar-refractivity contribution in [2.24, 2.45) is 0 Å². The molecule has 0 saturated carbocycles. The van der Waals surface area contributed by atoms with Crippen LogP contribution in [0.3, 0.4) is 0 Å². The molecule has 0 saturated heterocycles. The van der Waals surface area contributed by atoms with Gasteiger partial charge in [-0.05, 0) is 28.7 Å². The molecule has 2 rings (SSSR count). The molecule has 0 radical (unpaired) electrons. The van der Waals surface area contributed by atoms with Gasteiger partial charge in [-0.3, -0.25) is 4.79 Å². The van der Waals surface area contributed by atoms with Crippen LogP contribution in [0.5, 0.6) is 0 Å². The minimum Gasteiger partial charge on any atom is -0.481 e. The zero-order valence-electron chi connectivity index (χ0n) is 12.3. The van der Waals surface area contributed by atoms with Crippen LogP contribution in [-0.4, -0.2) is 11.1 Å². The molecule has 2 aromatic carbocycles. The van der Waals surface area contributed by atoms with Crippen molar-refractivity contribution in [1.29, 1.82) is 0 Å². The highest BCUT2D eigenvalue weighted by atomic mass is 16.4. The number of aliphatic carboxylic acids is 1. The maximum Gasteiger partial charge on any atom is 0.307 e. The van der Waals surface area contributed by atoms with Gasteiger partial charge in [0.05, 0.1) is 6.42 Å². The van der Waals surface area contributed by atoms with E-state index in [1.807, 2.05) is 24.3 Å². The van der Waals surface area contributed by atoms with Gasteiger partial charge in [-0.15, -0.1) is 0 Å². The molecule has 0 atom stereocenters. The Hall–Kier alpha value is -2.13. The smallest absolute Gasteiger partial charge is 0.307 e. The van der Waals surface area contributed by atoms with Crippen LogP contribution in [0.2, 0.25) is 0 Å². The summed E-state index contributed by atoms with van der Waals surface area (Å²) in [6, 6.07) is 16.2. The SMILES string of the molecule is CCc1ccc(CNCc2ccccc2CC(=O)O)cc1. The number of rotatable bonds is 7. The van der Waals surface area contributed by atoms with Crippen LogP contribution in [0.15, 0.2) is 48.5 Å². The predicted molar refractivity (Wildman–Crippen MR) is 84.1 cm³/mol. The lowest BCUT2D eigenvalue weighted by Crippen LogP contribution is -2.15. The van der Waals surface area contributed by atoms with Crippen molar-refractivity contribution in [3.63, 3.8) is 0 Å². The van der Waals surface area contributed by atoms with Crippen molar-refractivity contribution in [2.45, 2.75) is 32.9 Å². The fraction of sp³-hybridized carbons (Fsp3) is 0.278. The van der Waals surface area contributed by atoms with Crippen LogP contribution in [-0.2, 0) is 30.7 Å².